The number of aromatic nitrogens is 2. The van der Waals surface area contributed by atoms with Gasteiger partial charge in [-0.1, -0.05) is 27.7 Å². The molecule has 1 rings (SSSR count). The summed E-state index contributed by atoms with van der Waals surface area (Å²) >= 11 is 0. The van der Waals surface area contributed by atoms with Crippen molar-refractivity contribution >= 4 is 0 Å². The molecule has 0 radical (unpaired) electrons. The van der Waals surface area contributed by atoms with Gasteiger partial charge in [0.25, 0.3) is 0 Å². The normalized spacial score (nSPS) is 10.6. The van der Waals surface area contributed by atoms with Crippen LogP contribution in [0.1, 0.15) is 50.2 Å². The number of nitrogens with zero attached hydrogens (tertiary/aromatic N) is 2. The van der Waals surface area contributed by atoms with Crippen molar-refractivity contribution in [2.75, 3.05) is 0 Å². The van der Waals surface area contributed by atoms with Crippen molar-refractivity contribution in [2.45, 2.75) is 53.4 Å². The summed E-state index contributed by atoms with van der Waals surface area (Å²) in [6, 6.07) is 0. The van der Waals surface area contributed by atoms with E-state index in [9.17, 15) is 0 Å². The molecule has 0 spiro atoms. The highest BCUT2D eigenvalue weighted by Crippen LogP contribution is 2.17. The van der Waals surface area contributed by atoms with Crippen molar-refractivity contribution in [2.24, 2.45) is 0 Å². The van der Waals surface area contributed by atoms with E-state index in [1.165, 1.54) is 22.5 Å². The molecule has 2 nitrogen and oxygen atoms in total. The number of hydrogen-bond donors (Lipinski definition) is 0. The monoisotopic (exact) mass is 192 g/mol. The molecular formula is C12H20N2. The Balaban J connectivity index is 3.28. The molecule has 0 atom stereocenters. The molecule has 2 heteroatoms. The first-order valence-corrected chi connectivity index (χ1v) is 5.64. The average molecular weight is 192 g/mol. The van der Waals surface area contributed by atoms with Gasteiger partial charge in [-0.05, 0) is 36.8 Å². The van der Waals surface area contributed by atoms with Gasteiger partial charge in [-0.25, -0.2) is 0 Å². The van der Waals surface area contributed by atoms with Crippen molar-refractivity contribution in [1.29, 1.82) is 0 Å². The van der Waals surface area contributed by atoms with Crippen LogP contribution in [0.4, 0.5) is 0 Å². The van der Waals surface area contributed by atoms with Crippen molar-refractivity contribution in [3.8, 4) is 0 Å². The van der Waals surface area contributed by atoms with E-state index in [1.54, 1.807) is 0 Å². The first-order valence-electron chi connectivity index (χ1n) is 5.64. The minimum atomic E-state index is 0.993. The molecule has 0 fully saturated rings. The quantitative estimate of drug-likeness (QED) is 0.733. The Morgan fingerprint density at radius 1 is 0.643 bits per heavy atom. The fourth-order valence-corrected chi connectivity index (χ4v) is 1.99. The lowest BCUT2D eigenvalue weighted by Crippen LogP contribution is -2.08. The maximum atomic E-state index is 4.30. The molecule has 1 aromatic rings. The van der Waals surface area contributed by atoms with Gasteiger partial charge in [0.1, 0.15) is 0 Å². The predicted molar refractivity (Wildman–Crippen MR) is 59.5 cm³/mol. The number of aryl methyl sites for hydroxylation is 2. The molecule has 0 aliphatic rings. The standard InChI is InChI=1S/C12H20N2/c1-5-9-10(6-2)12(8-4)14-13-11(9)7-3/h5-8H2,1-4H3. The van der Waals surface area contributed by atoms with Crippen LogP contribution in [-0.2, 0) is 25.7 Å². The second-order valence-electron chi connectivity index (χ2n) is 3.46. The Morgan fingerprint density at radius 3 is 1.21 bits per heavy atom. The van der Waals surface area contributed by atoms with Gasteiger partial charge in [0, 0.05) is 0 Å². The van der Waals surface area contributed by atoms with Gasteiger partial charge in [-0.3, -0.25) is 0 Å². The largest absolute Gasteiger partial charge is 0.155 e. The molecule has 0 aliphatic heterocycles. The summed E-state index contributed by atoms with van der Waals surface area (Å²) in [5, 5.41) is 8.59. The second-order valence-corrected chi connectivity index (χ2v) is 3.46. The lowest BCUT2D eigenvalue weighted by atomic mass is 9.98. The fourth-order valence-electron chi connectivity index (χ4n) is 1.99. The van der Waals surface area contributed by atoms with Crippen molar-refractivity contribution in [3.05, 3.63) is 22.5 Å². The molecule has 0 bridgehead atoms. The van der Waals surface area contributed by atoms with Crippen LogP contribution < -0.4 is 0 Å². The smallest absolute Gasteiger partial charge is 0.0663 e. The Labute approximate surface area is 86.8 Å². The van der Waals surface area contributed by atoms with E-state index in [2.05, 4.69) is 37.9 Å². The first kappa shape index (κ1) is 11.2. The van der Waals surface area contributed by atoms with E-state index in [0.717, 1.165) is 25.7 Å². The summed E-state index contributed by atoms with van der Waals surface area (Å²) in [5.41, 5.74) is 5.23. The van der Waals surface area contributed by atoms with Crippen molar-refractivity contribution in [3.63, 3.8) is 0 Å². The second kappa shape index (κ2) is 5.08. The van der Waals surface area contributed by atoms with Gasteiger partial charge >= 0.3 is 0 Å². The topological polar surface area (TPSA) is 25.8 Å². The summed E-state index contributed by atoms with van der Waals surface area (Å²) in [6.07, 6.45) is 4.14. The van der Waals surface area contributed by atoms with Crippen LogP contribution in [0.3, 0.4) is 0 Å². The Hall–Kier alpha value is -0.920. The van der Waals surface area contributed by atoms with E-state index >= 15 is 0 Å². The molecule has 14 heavy (non-hydrogen) atoms. The summed E-state index contributed by atoms with van der Waals surface area (Å²) in [7, 11) is 0. The zero-order valence-electron chi connectivity index (χ0n) is 9.72. The highest BCUT2D eigenvalue weighted by atomic mass is 15.1. The third-order valence-electron chi connectivity index (χ3n) is 2.73. The lowest BCUT2D eigenvalue weighted by molar-refractivity contribution is 0.798. The highest BCUT2D eigenvalue weighted by Gasteiger charge is 2.10. The molecule has 0 N–H and O–H groups in total. The third-order valence-corrected chi connectivity index (χ3v) is 2.73. The third kappa shape index (κ3) is 1.94. The van der Waals surface area contributed by atoms with Gasteiger partial charge < -0.3 is 0 Å². The molecule has 0 saturated heterocycles. The Morgan fingerprint density at radius 2 is 1.00 bits per heavy atom. The SMILES string of the molecule is CCc1nnc(CC)c(CC)c1CC. The van der Waals surface area contributed by atoms with E-state index in [1.807, 2.05) is 0 Å². The maximum Gasteiger partial charge on any atom is 0.0663 e. The molecule has 0 unspecified atom stereocenters. The highest BCUT2D eigenvalue weighted by molar-refractivity contribution is 5.33. The molecular weight excluding hydrogens is 172 g/mol. The molecule has 0 aromatic carbocycles. The Bertz CT molecular complexity index is 274. The average Bonchev–Trinajstić information content (AvgIpc) is 2.26. The number of hydrogen-bond acceptors (Lipinski definition) is 2. The van der Waals surface area contributed by atoms with Crippen LogP contribution in [0.5, 0.6) is 0 Å². The van der Waals surface area contributed by atoms with Crippen LogP contribution in [-0.4, -0.2) is 10.2 Å². The van der Waals surface area contributed by atoms with Gasteiger partial charge in [0.05, 0.1) is 11.4 Å². The molecule has 0 amide bonds. The van der Waals surface area contributed by atoms with Gasteiger partial charge in [0.2, 0.25) is 0 Å². The van der Waals surface area contributed by atoms with Crippen molar-refractivity contribution in [1.82, 2.24) is 10.2 Å². The van der Waals surface area contributed by atoms with Crippen LogP contribution in [0.2, 0.25) is 0 Å². The van der Waals surface area contributed by atoms with Crippen LogP contribution in [0.25, 0.3) is 0 Å². The molecule has 0 aliphatic carbocycles. The zero-order valence-corrected chi connectivity index (χ0v) is 9.72. The van der Waals surface area contributed by atoms with Crippen LogP contribution in [0, 0.1) is 0 Å². The molecule has 0 saturated carbocycles. The van der Waals surface area contributed by atoms with Gasteiger partial charge in [0.15, 0.2) is 0 Å². The van der Waals surface area contributed by atoms with Gasteiger partial charge in [-0.2, -0.15) is 10.2 Å². The van der Waals surface area contributed by atoms with E-state index in [4.69, 9.17) is 0 Å². The van der Waals surface area contributed by atoms with Crippen molar-refractivity contribution < 1.29 is 0 Å². The van der Waals surface area contributed by atoms with Gasteiger partial charge in [-0.15, -0.1) is 0 Å². The van der Waals surface area contributed by atoms with E-state index in [-0.39, 0.29) is 0 Å². The lowest BCUT2D eigenvalue weighted by Gasteiger charge is -2.12. The molecule has 1 heterocycles. The minimum absolute atomic E-state index is 0.993. The number of rotatable bonds is 4. The first-order chi connectivity index (χ1) is 6.78. The fraction of sp³-hybridized carbons (Fsp3) is 0.667. The predicted octanol–water partition coefficient (Wildman–Crippen LogP) is 2.73. The van der Waals surface area contributed by atoms with Crippen LogP contribution >= 0.6 is 0 Å². The molecule has 78 valence electrons. The summed E-state index contributed by atoms with van der Waals surface area (Å²) < 4.78 is 0. The van der Waals surface area contributed by atoms with E-state index < -0.39 is 0 Å². The molecule has 1 aromatic heterocycles. The Kier molecular flexibility index (Phi) is 4.05. The summed E-state index contributed by atoms with van der Waals surface area (Å²) in [6.45, 7) is 8.70. The minimum Gasteiger partial charge on any atom is -0.155 e. The van der Waals surface area contributed by atoms with Crippen LogP contribution in [0.15, 0.2) is 0 Å². The summed E-state index contributed by atoms with van der Waals surface area (Å²) in [4.78, 5) is 0. The van der Waals surface area contributed by atoms with E-state index in [0.29, 0.717) is 0 Å². The zero-order chi connectivity index (χ0) is 10.6. The maximum absolute atomic E-state index is 4.30. The summed E-state index contributed by atoms with van der Waals surface area (Å²) in [5.74, 6) is 0.